The zero-order chi connectivity index (χ0) is 21.0. The van der Waals surface area contributed by atoms with Gasteiger partial charge in [-0.05, 0) is 25.1 Å². The van der Waals surface area contributed by atoms with Crippen LogP contribution < -0.4 is 10.6 Å². The minimum absolute atomic E-state index is 0.0279. The minimum atomic E-state index is -0.843. The highest BCUT2D eigenvalue weighted by Gasteiger charge is 2.20. The van der Waals surface area contributed by atoms with Gasteiger partial charge in [-0.25, -0.2) is 4.79 Å². The molecule has 0 aliphatic carbocycles. The van der Waals surface area contributed by atoms with Crippen LogP contribution in [0.3, 0.4) is 0 Å². The zero-order valence-electron chi connectivity index (χ0n) is 15.8. The molecular weight excluding hydrogens is 378 g/mol. The van der Waals surface area contributed by atoms with Crippen molar-refractivity contribution in [1.82, 2.24) is 5.32 Å². The van der Waals surface area contributed by atoms with Crippen molar-refractivity contribution >= 4 is 34.2 Å². The number of para-hydroxylation sites is 1. The van der Waals surface area contributed by atoms with Gasteiger partial charge < -0.3 is 19.8 Å². The van der Waals surface area contributed by atoms with Gasteiger partial charge >= 0.3 is 5.97 Å². The predicted molar refractivity (Wildman–Crippen MR) is 106 cm³/mol. The predicted octanol–water partition coefficient (Wildman–Crippen LogP) is 3.42. The van der Waals surface area contributed by atoms with E-state index in [0.717, 1.165) is 11.5 Å². The fraction of sp³-hybridized carbons (Fsp3) is 0.200. The molecule has 3 aromatic rings. The van der Waals surface area contributed by atoms with E-state index in [-0.39, 0.29) is 11.3 Å². The number of furan rings is 1. The molecule has 1 amide bonds. The highest BCUT2D eigenvalue weighted by molar-refractivity contribution is 5.97. The number of ether oxygens (including phenoxy) is 1. The Hall–Kier alpha value is -3.88. The quantitative estimate of drug-likeness (QED) is 0.356. The molecule has 0 aliphatic heterocycles. The summed E-state index contributed by atoms with van der Waals surface area (Å²) in [4.78, 5) is 34.8. The van der Waals surface area contributed by atoms with Gasteiger partial charge in [0.05, 0.1) is 16.5 Å². The Morgan fingerprint density at radius 2 is 1.97 bits per heavy atom. The van der Waals surface area contributed by atoms with Gasteiger partial charge in [-0.2, -0.15) is 0 Å². The number of carbonyl (C=O) groups excluding carboxylic acids is 2. The number of anilines is 1. The number of amides is 1. The number of nitro benzene ring substituents is 1. The second-order valence-corrected chi connectivity index (χ2v) is 6.29. The summed E-state index contributed by atoms with van der Waals surface area (Å²) in [5.74, 6) is -0.797. The number of fused-ring (bicyclic) bond motifs is 1. The molecule has 0 saturated carbocycles. The van der Waals surface area contributed by atoms with E-state index >= 15 is 0 Å². The van der Waals surface area contributed by atoms with Gasteiger partial charge in [-0.1, -0.05) is 18.2 Å². The summed E-state index contributed by atoms with van der Waals surface area (Å²) in [7, 11) is 1.57. The summed E-state index contributed by atoms with van der Waals surface area (Å²) < 4.78 is 10.7. The maximum absolute atomic E-state index is 12.3. The summed E-state index contributed by atoms with van der Waals surface area (Å²) in [6.45, 7) is 1.21. The summed E-state index contributed by atoms with van der Waals surface area (Å²) in [5.41, 5.74) is 0.788. The molecule has 2 N–H and O–H groups in total. The number of nitrogens with zero attached hydrogens (tertiary/aromatic N) is 1. The molecule has 9 nitrogen and oxygen atoms in total. The van der Waals surface area contributed by atoms with E-state index in [2.05, 4.69) is 10.6 Å². The molecule has 1 aromatic heterocycles. The van der Waals surface area contributed by atoms with Crippen LogP contribution in [0.5, 0.6) is 0 Å². The fourth-order valence-electron chi connectivity index (χ4n) is 2.81. The molecule has 0 bridgehead atoms. The zero-order valence-corrected chi connectivity index (χ0v) is 15.8. The number of non-ortho nitro benzene ring substituents is 1. The number of hydrogen-bond donors (Lipinski definition) is 2. The average molecular weight is 397 g/mol. The lowest BCUT2D eigenvalue weighted by molar-refractivity contribution is -0.384. The first-order valence-electron chi connectivity index (χ1n) is 8.80. The lowest BCUT2D eigenvalue weighted by Gasteiger charge is -2.12. The lowest BCUT2D eigenvalue weighted by Crippen LogP contribution is -2.31. The molecule has 0 radical (unpaired) electrons. The second-order valence-electron chi connectivity index (χ2n) is 6.29. The Labute approximate surface area is 165 Å². The number of benzene rings is 2. The van der Waals surface area contributed by atoms with Crippen molar-refractivity contribution in [3.05, 3.63) is 70.0 Å². The lowest BCUT2D eigenvalue weighted by atomic mass is 10.1. The Balaban J connectivity index is 1.62. The molecule has 1 atom stereocenters. The van der Waals surface area contributed by atoms with Gasteiger partial charge in [0.25, 0.3) is 11.6 Å². The number of carbonyl (C=O) groups is 2. The maximum Gasteiger partial charge on any atom is 0.341 e. The van der Waals surface area contributed by atoms with E-state index in [1.54, 1.807) is 14.0 Å². The third kappa shape index (κ3) is 4.52. The van der Waals surface area contributed by atoms with E-state index in [0.29, 0.717) is 17.0 Å². The molecule has 0 aliphatic rings. The Kier molecular flexibility index (Phi) is 5.77. The first-order chi connectivity index (χ1) is 13.9. The molecule has 0 fully saturated rings. The smallest absolute Gasteiger partial charge is 0.341 e. The van der Waals surface area contributed by atoms with Crippen LogP contribution in [0.2, 0.25) is 0 Å². The van der Waals surface area contributed by atoms with Crippen molar-refractivity contribution < 1.29 is 23.7 Å². The van der Waals surface area contributed by atoms with Crippen molar-refractivity contribution in [3.8, 4) is 0 Å². The minimum Gasteiger partial charge on any atom is -0.459 e. The molecule has 1 heterocycles. The molecule has 0 spiro atoms. The fourth-order valence-corrected chi connectivity index (χ4v) is 2.81. The SMILES string of the molecule is CNc1ccc([N+](=O)[O-])cc1C(=O)OCC(=O)N[C@@H](C)c1cc2ccccc2o1. The van der Waals surface area contributed by atoms with E-state index in [1.807, 2.05) is 30.3 Å². The highest BCUT2D eigenvalue weighted by atomic mass is 16.6. The molecule has 3 rings (SSSR count). The van der Waals surface area contributed by atoms with Gasteiger partial charge in [0.15, 0.2) is 6.61 Å². The van der Waals surface area contributed by atoms with Crippen LogP contribution in [0.4, 0.5) is 11.4 Å². The summed E-state index contributed by atoms with van der Waals surface area (Å²) in [5, 5.41) is 17.3. The van der Waals surface area contributed by atoms with Gasteiger partial charge in [-0.3, -0.25) is 14.9 Å². The van der Waals surface area contributed by atoms with E-state index in [1.165, 1.54) is 12.1 Å². The van der Waals surface area contributed by atoms with Gasteiger partial charge in [0.1, 0.15) is 11.3 Å². The van der Waals surface area contributed by atoms with Crippen LogP contribution in [-0.4, -0.2) is 30.5 Å². The molecule has 29 heavy (non-hydrogen) atoms. The van der Waals surface area contributed by atoms with Gasteiger partial charge in [0.2, 0.25) is 0 Å². The topological polar surface area (TPSA) is 124 Å². The van der Waals surface area contributed by atoms with Crippen LogP contribution in [0, 0.1) is 10.1 Å². The number of nitro groups is 1. The molecule has 0 saturated heterocycles. The number of hydrogen-bond acceptors (Lipinski definition) is 7. The summed E-state index contributed by atoms with van der Waals surface area (Å²) in [6, 6.07) is 12.6. The van der Waals surface area contributed by atoms with Crippen LogP contribution >= 0.6 is 0 Å². The highest BCUT2D eigenvalue weighted by Crippen LogP contribution is 2.24. The first kappa shape index (κ1) is 19.9. The van der Waals surface area contributed by atoms with Crippen molar-refractivity contribution in [2.24, 2.45) is 0 Å². The van der Waals surface area contributed by atoms with Crippen LogP contribution in [0.15, 0.2) is 52.9 Å². The van der Waals surface area contributed by atoms with E-state index in [9.17, 15) is 19.7 Å². The molecule has 150 valence electrons. The molecule has 9 heteroatoms. The maximum atomic E-state index is 12.3. The molecule has 0 unspecified atom stereocenters. The van der Waals surface area contributed by atoms with E-state index < -0.39 is 29.4 Å². The van der Waals surface area contributed by atoms with Crippen molar-refractivity contribution in [3.63, 3.8) is 0 Å². The van der Waals surface area contributed by atoms with Crippen LogP contribution in [0.25, 0.3) is 11.0 Å². The standard InChI is InChI=1S/C20H19N3O6/c1-12(18-9-13-5-3-4-6-17(13)29-18)22-19(24)11-28-20(25)15-10-14(23(26)27)7-8-16(15)21-2/h3-10,12,21H,11H2,1-2H3,(H,22,24)/t12-/m0/s1. The monoisotopic (exact) mass is 397 g/mol. The largest absolute Gasteiger partial charge is 0.459 e. The summed E-state index contributed by atoms with van der Waals surface area (Å²) >= 11 is 0. The Morgan fingerprint density at radius 1 is 1.21 bits per heavy atom. The Morgan fingerprint density at radius 3 is 2.66 bits per heavy atom. The second kappa shape index (κ2) is 8.42. The third-order valence-electron chi connectivity index (χ3n) is 4.29. The average Bonchev–Trinajstić information content (AvgIpc) is 3.16. The van der Waals surface area contributed by atoms with Crippen LogP contribution in [-0.2, 0) is 9.53 Å². The number of rotatable bonds is 7. The van der Waals surface area contributed by atoms with Gasteiger partial charge in [0, 0.05) is 30.3 Å². The molecule has 2 aromatic carbocycles. The first-order valence-corrected chi connectivity index (χ1v) is 8.80. The van der Waals surface area contributed by atoms with Crippen molar-refractivity contribution in [2.75, 3.05) is 19.0 Å². The summed E-state index contributed by atoms with van der Waals surface area (Å²) in [6.07, 6.45) is 0. The van der Waals surface area contributed by atoms with Gasteiger partial charge in [-0.15, -0.1) is 0 Å². The van der Waals surface area contributed by atoms with E-state index in [4.69, 9.17) is 9.15 Å². The number of esters is 1. The van der Waals surface area contributed by atoms with Crippen molar-refractivity contribution in [1.29, 1.82) is 0 Å². The normalized spacial score (nSPS) is 11.7. The Bertz CT molecular complexity index is 1040. The van der Waals surface area contributed by atoms with Crippen molar-refractivity contribution in [2.45, 2.75) is 13.0 Å². The number of nitrogens with one attached hydrogen (secondary N) is 2. The van der Waals surface area contributed by atoms with Crippen LogP contribution in [0.1, 0.15) is 29.1 Å². The molecular formula is C20H19N3O6. The third-order valence-corrected chi connectivity index (χ3v) is 4.29.